The molecule has 0 saturated heterocycles. The number of nitrogens with zero attached hydrogens (tertiary/aromatic N) is 1. The first-order chi connectivity index (χ1) is 6.95. The summed E-state index contributed by atoms with van der Waals surface area (Å²) in [4.78, 5) is 21.3. The molecule has 0 aromatic heterocycles. The number of benzene rings is 1. The van der Waals surface area contributed by atoms with Gasteiger partial charge in [0.15, 0.2) is 5.78 Å². The molecule has 1 atom stereocenters. The Kier molecular flexibility index (Phi) is 4.04. The number of rotatable bonds is 3. The van der Waals surface area contributed by atoms with Gasteiger partial charge in [0.25, 0.3) is 5.69 Å². The van der Waals surface area contributed by atoms with Gasteiger partial charge in [-0.1, -0.05) is 6.07 Å². The average Bonchev–Trinajstić information content (AvgIpc) is 2.16. The summed E-state index contributed by atoms with van der Waals surface area (Å²) in [5, 5.41) is 9.77. The SMILES string of the molecule is CC(=O)C(Cl)c1c(I)cccc1[N+](=O)[O-]. The topological polar surface area (TPSA) is 60.2 Å². The molecule has 0 heterocycles. The maximum absolute atomic E-state index is 11.1. The van der Waals surface area contributed by atoms with Gasteiger partial charge in [0.1, 0.15) is 5.38 Å². The fourth-order valence-corrected chi connectivity index (χ4v) is 2.35. The van der Waals surface area contributed by atoms with Crippen molar-refractivity contribution in [3.05, 3.63) is 37.4 Å². The molecule has 0 amide bonds. The highest BCUT2D eigenvalue weighted by Crippen LogP contribution is 2.33. The van der Waals surface area contributed by atoms with Gasteiger partial charge >= 0.3 is 0 Å². The van der Waals surface area contributed by atoms with Gasteiger partial charge in [0.05, 0.1) is 10.5 Å². The van der Waals surface area contributed by atoms with Crippen LogP contribution in [0.5, 0.6) is 0 Å². The molecular weight excluding hydrogens is 332 g/mol. The van der Waals surface area contributed by atoms with Crippen molar-refractivity contribution < 1.29 is 9.72 Å². The van der Waals surface area contributed by atoms with E-state index < -0.39 is 10.3 Å². The highest BCUT2D eigenvalue weighted by Gasteiger charge is 2.25. The quantitative estimate of drug-likeness (QED) is 0.368. The number of carbonyl (C=O) groups is 1. The van der Waals surface area contributed by atoms with Crippen molar-refractivity contribution in [1.82, 2.24) is 0 Å². The number of nitro groups is 1. The molecule has 80 valence electrons. The fraction of sp³-hybridized carbons (Fsp3) is 0.222. The van der Waals surface area contributed by atoms with E-state index in [-0.39, 0.29) is 17.0 Å². The zero-order valence-electron chi connectivity index (χ0n) is 7.74. The lowest BCUT2D eigenvalue weighted by Crippen LogP contribution is -2.07. The Bertz CT molecular complexity index is 422. The van der Waals surface area contributed by atoms with Gasteiger partial charge in [-0.2, -0.15) is 0 Å². The van der Waals surface area contributed by atoms with Gasteiger partial charge in [0.2, 0.25) is 0 Å². The highest BCUT2D eigenvalue weighted by molar-refractivity contribution is 14.1. The molecule has 0 saturated carbocycles. The third-order valence-electron chi connectivity index (χ3n) is 1.84. The predicted molar refractivity (Wildman–Crippen MR) is 65.1 cm³/mol. The van der Waals surface area contributed by atoms with Crippen molar-refractivity contribution in [2.45, 2.75) is 12.3 Å². The lowest BCUT2D eigenvalue weighted by Gasteiger charge is -2.08. The van der Waals surface area contributed by atoms with Gasteiger partial charge in [-0.25, -0.2) is 0 Å². The second-order valence-electron chi connectivity index (χ2n) is 2.90. The van der Waals surface area contributed by atoms with Crippen LogP contribution in [0.1, 0.15) is 17.9 Å². The minimum absolute atomic E-state index is 0.114. The van der Waals surface area contributed by atoms with Crippen molar-refractivity contribution in [1.29, 1.82) is 0 Å². The number of hydrogen-bond acceptors (Lipinski definition) is 3. The first-order valence-electron chi connectivity index (χ1n) is 4.02. The summed E-state index contributed by atoms with van der Waals surface area (Å²) in [6.45, 7) is 1.31. The smallest absolute Gasteiger partial charge is 0.275 e. The predicted octanol–water partition coefficient (Wildman–Crippen LogP) is 3.07. The number of halogens is 2. The van der Waals surface area contributed by atoms with Crippen LogP contribution in [0, 0.1) is 13.7 Å². The third-order valence-corrected chi connectivity index (χ3v) is 3.30. The van der Waals surface area contributed by atoms with E-state index in [4.69, 9.17) is 11.6 Å². The van der Waals surface area contributed by atoms with E-state index in [0.29, 0.717) is 3.57 Å². The van der Waals surface area contributed by atoms with E-state index in [1.165, 1.54) is 13.0 Å². The number of Topliss-reactive ketones (excluding diaryl/α,β-unsaturated/α-hetero) is 1. The first-order valence-corrected chi connectivity index (χ1v) is 5.54. The van der Waals surface area contributed by atoms with Crippen LogP contribution >= 0.6 is 34.2 Å². The Labute approximate surface area is 105 Å². The molecule has 1 rings (SSSR count). The van der Waals surface area contributed by atoms with E-state index in [2.05, 4.69) is 0 Å². The summed E-state index contributed by atoms with van der Waals surface area (Å²) in [5.41, 5.74) is 0.161. The summed E-state index contributed by atoms with van der Waals surface area (Å²) in [6, 6.07) is 4.59. The Hall–Kier alpha value is -0.690. The van der Waals surface area contributed by atoms with Gasteiger partial charge in [-0.3, -0.25) is 14.9 Å². The number of carbonyl (C=O) groups excluding carboxylic acids is 1. The Morgan fingerprint density at radius 3 is 2.67 bits per heavy atom. The zero-order valence-corrected chi connectivity index (χ0v) is 10.7. The fourth-order valence-electron chi connectivity index (χ4n) is 1.14. The lowest BCUT2D eigenvalue weighted by atomic mass is 10.1. The maximum atomic E-state index is 11.1. The van der Waals surface area contributed by atoms with E-state index in [1.54, 1.807) is 12.1 Å². The van der Waals surface area contributed by atoms with Crippen LogP contribution in [0.2, 0.25) is 0 Å². The summed E-state index contributed by atoms with van der Waals surface area (Å²) >= 11 is 7.76. The van der Waals surface area contributed by atoms with Crippen LogP contribution in [-0.2, 0) is 4.79 Å². The summed E-state index contributed by atoms with van der Waals surface area (Å²) < 4.78 is 0.622. The van der Waals surface area contributed by atoms with Crippen molar-refractivity contribution in [2.24, 2.45) is 0 Å². The lowest BCUT2D eigenvalue weighted by molar-refractivity contribution is -0.385. The summed E-state index contributed by atoms with van der Waals surface area (Å²) in [7, 11) is 0. The summed E-state index contributed by atoms with van der Waals surface area (Å²) in [6.07, 6.45) is 0. The molecule has 0 bridgehead atoms. The molecule has 1 aromatic carbocycles. The van der Waals surface area contributed by atoms with Crippen LogP contribution in [-0.4, -0.2) is 10.7 Å². The Morgan fingerprint density at radius 2 is 2.20 bits per heavy atom. The standard InChI is InChI=1S/C9H7ClINO3/c1-5(13)9(10)8-6(11)3-2-4-7(8)12(14)15/h2-4,9H,1H3. The van der Waals surface area contributed by atoms with E-state index in [1.807, 2.05) is 22.6 Å². The number of hydrogen-bond donors (Lipinski definition) is 0. The van der Waals surface area contributed by atoms with Crippen LogP contribution in [0.4, 0.5) is 5.69 Å². The van der Waals surface area contributed by atoms with E-state index >= 15 is 0 Å². The Balaban J connectivity index is 3.37. The molecule has 6 heteroatoms. The number of nitro benzene ring substituents is 1. The number of ketones is 1. The minimum atomic E-state index is -0.960. The molecule has 0 N–H and O–H groups in total. The van der Waals surface area contributed by atoms with Crippen LogP contribution < -0.4 is 0 Å². The molecule has 0 fully saturated rings. The molecule has 0 aliphatic carbocycles. The van der Waals surface area contributed by atoms with Crippen LogP contribution in [0.3, 0.4) is 0 Å². The zero-order chi connectivity index (χ0) is 11.6. The van der Waals surface area contributed by atoms with E-state index in [0.717, 1.165) is 0 Å². The normalized spacial score (nSPS) is 12.2. The summed E-state index contributed by atoms with van der Waals surface area (Å²) in [5.74, 6) is -0.302. The van der Waals surface area contributed by atoms with Gasteiger partial charge < -0.3 is 0 Å². The molecule has 15 heavy (non-hydrogen) atoms. The van der Waals surface area contributed by atoms with Crippen LogP contribution in [0.15, 0.2) is 18.2 Å². The Morgan fingerprint density at radius 1 is 1.60 bits per heavy atom. The van der Waals surface area contributed by atoms with Crippen molar-refractivity contribution in [3.8, 4) is 0 Å². The second kappa shape index (κ2) is 4.89. The highest BCUT2D eigenvalue weighted by atomic mass is 127. The van der Waals surface area contributed by atoms with Gasteiger partial charge in [-0.05, 0) is 35.6 Å². The van der Waals surface area contributed by atoms with Gasteiger partial charge in [0, 0.05) is 9.64 Å². The molecule has 4 nitrogen and oxygen atoms in total. The average molecular weight is 340 g/mol. The molecule has 0 aliphatic rings. The molecule has 1 aromatic rings. The van der Waals surface area contributed by atoms with Crippen molar-refractivity contribution >= 4 is 45.7 Å². The minimum Gasteiger partial charge on any atom is -0.298 e. The van der Waals surface area contributed by atoms with Gasteiger partial charge in [-0.15, -0.1) is 11.6 Å². The first kappa shape index (κ1) is 12.4. The molecule has 1 unspecified atom stereocenters. The van der Waals surface area contributed by atoms with Crippen LogP contribution in [0.25, 0.3) is 0 Å². The van der Waals surface area contributed by atoms with E-state index in [9.17, 15) is 14.9 Å². The van der Waals surface area contributed by atoms with Crippen molar-refractivity contribution in [2.75, 3.05) is 0 Å². The maximum Gasteiger partial charge on any atom is 0.275 e. The molecular formula is C9H7ClINO3. The third kappa shape index (κ3) is 2.66. The van der Waals surface area contributed by atoms with Crippen molar-refractivity contribution in [3.63, 3.8) is 0 Å². The monoisotopic (exact) mass is 339 g/mol. The largest absolute Gasteiger partial charge is 0.298 e. The molecule has 0 aliphatic heterocycles. The second-order valence-corrected chi connectivity index (χ2v) is 4.50. The molecule has 0 radical (unpaired) electrons. The number of alkyl halides is 1. The molecule has 0 spiro atoms.